The monoisotopic (exact) mass is 504 g/mol. The SMILES string of the molecule is O=C(NCCN1CCCC1)c1c(=O)c2ccc(NCCN3CCCC3)nc2n2c1sc1ccccc12. The number of nitrogens with zero attached hydrogens (tertiary/aromatic N) is 4. The largest absolute Gasteiger partial charge is 0.369 e. The van der Waals surface area contributed by atoms with Crippen LogP contribution in [0.2, 0.25) is 0 Å². The van der Waals surface area contributed by atoms with Crippen molar-refractivity contribution in [3.8, 4) is 0 Å². The summed E-state index contributed by atoms with van der Waals surface area (Å²) in [4.78, 5) is 37.3. The van der Waals surface area contributed by atoms with Crippen molar-refractivity contribution in [1.82, 2.24) is 24.5 Å². The third-order valence-corrected chi connectivity index (χ3v) is 8.51. The van der Waals surface area contributed by atoms with E-state index in [9.17, 15) is 9.59 Å². The summed E-state index contributed by atoms with van der Waals surface area (Å²) in [6.45, 7) is 7.60. The molecule has 5 heterocycles. The van der Waals surface area contributed by atoms with E-state index >= 15 is 0 Å². The number of anilines is 1. The van der Waals surface area contributed by atoms with Crippen LogP contribution in [0.3, 0.4) is 0 Å². The number of thiazole rings is 1. The molecule has 4 aromatic rings. The predicted octanol–water partition coefficient (Wildman–Crippen LogP) is 3.40. The average Bonchev–Trinajstić information content (AvgIpc) is 3.65. The molecule has 6 rings (SSSR count). The smallest absolute Gasteiger partial charge is 0.258 e. The van der Waals surface area contributed by atoms with Gasteiger partial charge in [0.25, 0.3) is 5.91 Å². The Kier molecular flexibility index (Phi) is 6.60. The van der Waals surface area contributed by atoms with Gasteiger partial charge < -0.3 is 20.4 Å². The molecule has 0 atom stereocenters. The number of aromatic nitrogens is 2. The molecule has 8 nitrogen and oxygen atoms in total. The fraction of sp³-hybridized carbons (Fsp3) is 0.444. The number of carbonyl (C=O) groups excluding carboxylic acids is 1. The number of hydrogen-bond acceptors (Lipinski definition) is 7. The lowest BCUT2D eigenvalue weighted by Crippen LogP contribution is -2.35. The molecule has 9 heteroatoms. The van der Waals surface area contributed by atoms with Gasteiger partial charge in [-0.2, -0.15) is 0 Å². The van der Waals surface area contributed by atoms with Crippen molar-refractivity contribution in [3.63, 3.8) is 0 Å². The number of rotatable bonds is 8. The average molecular weight is 505 g/mol. The first-order chi connectivity index (χ1) is 17.7. The summed E-state index contributed by atoms with van der Waals surface area (Å²) < 4.78 is 3.00. The molecule has 0 saturated carbocycles. The number of fused-ring (bicyclic) bond motifs is 5. The van der Waals surface area contributed by atoms with Gasteiger partial charge in [-0.25, -0.2) is 4.98 Å². The van der Waals surface area contributed by atoms with Gasteiger partial charge in [0.2, 0.25) is 5.43 Å². The second kappa shape index (κ2) is 10.2. The van der Waals surface area contributed by atoms with Crippen molar-refractivity contribution in [2.75, 3.05) is 57.7 Å². The van der Waals surface area contributed by atoms with E-state index in [1.807, 2.05) is 40.8 Å². The van der Waals surface area contributed by atoms with Gasteiger partial charge in [0.05, 0.1) is 15.6 Å². The molecule has 2 N–H and O–H groups in total. The van der Waals surface area contributed by atoms with E-state index in [4.69, 9.17) is 4.98 Å². The number of likely N-dealkylation sites (tertiary alicyclic amines) is 2. The van der Waals surface area contributed by atoms with Crippen LogP contribution in [0.1, 0.15) is 36.0 Å². The zero-order chi connectivity index (χ0) is 24.5. The van der Waals surface area contributed by atoms with Gasteiger partial charge in [0, 0.05) is 26.2 Å². The Morgan fingerprint density at radius 3 is 2.36 bits per heavy atom. The molecule has 0 aliphatic carbocycles. The minimum atomic E-state index is -0.307. The number of para-hydroxylation sites is 1. The van der Waals surface area contributed by atoms with Gasteiger partial charge in [-0.3, -0.25) is 14.0 Å². The molecule has 2 saturated heterocycles. The van der Waals surface area contributed by atoms with Crippen molar-refractivity contribution in [1.29, 1.82) is 0 Å². The quantitative estimate of drug-likeness (QED) is 0.383. The van der Waals surface area contributed by atoms with Crippen LogP contribution in [0.25, 0.3) is 26.1 Å². The zero-order valence-electron chi connectivity index (χ0n) is 20.5. The highest BCUT2D eigenvalue weighted by Crippen LogP contribution is 2.31. The maximum atomic E-state index is 13.6. The fourth-order valence-electron chi connectivity index (χ4n) is 5.46. The second-order valence-corrected chi connectivity index (χ2v) is 10.8. The van der Waals surface area contributed by atoms with E-state index in [-0.39, 0.29) is 16.9 Å². The molecule has 1 aromatic carbocycles. The van der Waals surface area contributed by atoms with Crippen LogP contribution >= 0.6 is 11.3 Å². The number of nitrogens with one attached hydrogen (secondary N) is 2. The van der Waals surface area contributed by atoms with Gasteiger partial charge >= 0.3 is 0 Å². The maximum Gasteiger partial charge on any atom is 0.258 e. The van der Waals surface area contributed by atoms with E-state index in [0.29, 0.717) is 22.4 Å². The summed E-state index contributed by atoms with van der Waals surface area (Å²) in [6.07, 6.45) is 4.97. The molecule has 2 aliphatic heterocycles. The lowest BCUT2D eigenvalue weighted by molar-refractivity contribution is 0.0950. The molecular weight excluding hydrogens is 472 g/mol. The Balaban J connectivity index is 1.36. The predicted molar refractivity (Wildman–Crippen MR) is 147 cm³/mol. The first kappa shape index (κ1) is 23.4. The summed E-state index contributed by atoms with van der Waals surface area (Å²) in [6, 6.07) is 11.7. The Hall–Kier alpha value is -3.01. The molecular formula is C27H32N6O2S. The molecule has 0 radical (unpaired) electrons. The Morgan fingerprint density at radius 1 is 0.917 bits per heavy atom. The molecule has 1 amide bonds. The Bertz CT molecular complexity index is 1470. The number of hydrogen-bond donors (Lipinski definition) is 2. The third kappa shape index (κ3) is 4.47. The van der Waals surface area contributed by atoms with Gasteiger partial charge in [-0.15, -0.1) is 11.3 Å². The van der Waals surface area contributed by atoms with Crippen molar-refractivity contribution in [2.24, 2.45) is 0 Å². The minimum absolute atomic E-state index is 0.210. The highest BCUT2D eigenvalue weighted by Gasteiger charge is 2.23. The topological polar surface area (TPSA) is 82.0 Å². The van der Waals surface area contributed by atoms with E-state index < -0.39 is 0 Å². The zero-order valence-corrected chi connectivity index (χ0v) is 21.3. The van der Waals surface area contributed by atoms with Crippen LogP contribution in [0.5, 0.6) is 0 Å². The number of pyridine rings is 2. The van der Waals surface area contributed by atoms with Gasteiger partial charge in [0.1, 0.15) is 16.2 Å². The van der Waals surface area contributed by atoms with E-state index in [0.717, 1.165) is 61.8 Å². The summed E-state index contributed by atoms with van der Waals surface area (Å²) in [7, 11) is 0. The summed E-state index contributed by atoms with van der Waals surface area (Å²) in [5.41, 5.74) is 1.50. The van der Waals surface area contributed by atoms with E-state index in [1.165, 1.54) is 37.0 Å². The molecule has 3 aromatic heterocycles. The Labute approximate surface area is 213 Å². The first-order valence-corrected chi connectivity index (χ1v) is 13.8. The number of amides is 1. The maximum absolute atomic E-state index is 13.6. The van der Waals surface area contributed by atoms with Crippen LogP contribution in [0.4, 0.5) is 5.82 Å². The highest BCUT2D eigenvalue weighted by atomic mass is 32.1. The van der Waals surface area contributed by atoms with Crippen molar-refractivity contribution < 1.29 is 4.79 Å². The summed E-state index contributed by atoms with van der Waals surface area (Å²) in [5, 5.41) is 6.90. The van der Waals surface area contributed by atoms with Crippen molar-refractivity contribution in [2.45, 2.75) is 25.7 Å². The highest BCUT2D eigenvalue weighted by molar-refractivity contribution is 7.24. The van der Waals surface area contributed by atoms with E-state index in [1.54, 1.807) is 0 Å². The molecule has 2 fully saturated rings. The van der Waals surface area contributed by atoms with Gasteiger partial charge in [-0.1, -0.05) is 12.1 Å². The molecule has 2 aliphatic rings. The second-order valence-electron chi connectivity index (χ2n) is 9.76. The molecule has 0 spiro atoms. The van der Waals surface area contributed by atoms with Crippen LogP contribution in [0, 0.1) is 0 Å². The number of carbonyl (C=O) groups is 1. The van der Waals surface area contributed by atoms with Crippen LogP contribution < -0.4 is 16.1 Å². The summed E-state index contributed by atoms with van der Waals surface area (Å²) >= 11 is 1.47. The molecule has 0 bridgehead atoms. The standard InChI is InChI=1S/C27H32N6O2S/c34-24-19-9-10-22(28-11-17-31-13-3-4-14-31)30-25(19)33-20-7-1-2-8-21(20)36-27(33)23(24)26(35)29-12-18-32-15-5-6-16-32/h1-2,7-10H,3-6,11-18H2,(H,28,30)(H,29,35). The molecule has 36 heavy (non-hydrogen) atoms. The summed E-state index contributed by atoms with van der Waals surface area (Å²) in [5.74, 6) is 0.436. The first-order valence-electron chi connectivity index (χ1n) is 13.0. The Morgan fingerprint density at radius 2 is 1.61 bits per heavy atom. The van der Waals surface area contributed by atoms with Crippen LogP contribution in [-0.4, -0.2) is 77.4 Å². The normalized spacial score (nSPS) is 17.0. The van der Waals surface area contributed by atoms with Gasteiger partial charge in [0.15, 0.2) is 5.65 Å². The molecule has 188 valence electrons. The lowest BCUT2D eigenvalue weighted by Gasteiger charge is -2.16. The van der Waals surface area contributed by atoms with Crippen molar-refractivity contribution >= 4 is 49.1 Å². The third-order valence-electron chi connectivity index (χ3n) is 7.36. The van der Waals surface area contributed by atoms with Crippen molar-refractivity contribution in [3.05, 3.63) is 52.2 Å². The fourth-order valence-corrected chi connectivity index (χ4v) is 6.64. The number of benzene rings is 1. The van der Waals surface area contributed by atoms with Gasteiger partial charge in [-0.05, 0) is 76.1 Å². The lowest BCUT2D eigenvalue weighted by atomic mass is 10.1. The van der Waals surface area contributed by atoms with Crippen LogP contribution in [0.15, 0.2) is 41.2 Å². The van der Waals surface area contributed by atoms with E-state index in [2.05, 4.69) is 20.4 Å². The minimum Gasteiger partial charge on any atom is -0.369 e. The van der Waals surface area contributed by atoms with Crippen LogP contribution in [-0.2, 0) is 0 Å². The molecule has 0 unspecified atom stereocenters.